The van der Waals surface area contributed by atoms with E-state index in [-0.39, 0.29) is 11.9 Å². The summed E-state index contributed by atoms with van der Waals surface area (Å²) in [4.78, 5) is 17.1. The second kappa shape index (κ2) is 6.91. The van der Waals surface area contributed by atoms with Gasteiger partial charge in [0.25, 0.3) is 0 Å². The summed E-state index contributed by atoms with van der Waals surface area (Å²) < 4.78 is 0. The fourth-order valence-corrected chi connectivity index (χ4v) is 2.89. The normalized spacial score (nSPS) is 21.8. The maximum Gasteiger partial charge on any atom is 0.243 e. The number of nitriles is 1. The van der Waals surface area contributed by atoms with E-state index in [1.165, 1.54) is 0 Å². The van der Waals surface area contributed by atoms with Crippen molar-refractivity contribution in [1.82, 2.24) is 9.80 Å². The van der Waals surface area contributed by atoms with E-state index in [1.807, 2.05) is 18.7 Å². The molecule has 0 aliphatic carbocycles. The number of carbonyl (C=O) groups is 1. The first-order valence-electron chi connectivity index (χ1n) is 7.45. The average Bonchev–Trinajstić information content (AvgIpc) is 2.62. The standard InChI is InChI=1S/C15H27N3O/c1-5-13-11-17(4)9-8-10-18(13)14(19)15(6-2,7-3)12-16/h13H,5-11H2,1-4H3. The van der Waals surface area contributed by atoms with Crippen LogP contribution in [0.3, 0.4) is 0 Å². The molecule has 0 saturated carbocycles. The monoisotopic (exact) mass is 265 g/mol. The molecule has 0 aromatic carbocycles. The predicted octanol–water partition coefficient (Wildman–Crippen LogP) is 2.26. The molecule has 0 bridgehead atoms. The summed E-state index contributed by atoms with van der Waals surface area (Å²) in [6, 6.07) is 2.52. The summed E-state index contributed by atoms with van der Waals surface area (Å²) in [5, 5.41) is 9.45. The van der Waals surface area contributed by atoms with E-state index in [0.717, 1.165) is 32.5 Å². The molecule has 4 nitrogen and oxygen atoms in total. The number of nitrogens with zero attached hydrogens (tertiary/aromatic N) is 3. The van der Waals surface area contributed by atoms with Gasteiger partial charge in [0.15, 0.2) is 0 Å². The first-order valence-corrected chi connectivity index (χ1v) is 7.45. The Kier molecular flexibility index (Phi) is 5.81. The van der Waals surface area contributed by atoms with E-state index in [9.17, 15) is 10.1 Å². The van der Waals surface area contributed by atoms with Gasteiger partial charge in [-0.3, -0.25) is 4.79 Å². The van der Waals surface area contributed by atoms with Crippen LogP contribution in [0.1, 0.15) is 46.5 Å². The molecule has 1 amide bonds. The Morgan fingerprint density at radius 3 is 2.42 bits per heavy atom. The highest BCUT2D eigenvalue weighted by Gasteiger charge is 2.40. The van der Waals surface area contributed by atoms with Crippen molar-refractivity contribution in [2.75, 3.05) is 26.7 Å². The third kappa shape index (κ3) is 3.27. The minimum Gasteiger partial charge on any atom is -0.337 e. The molecule has 1 saturated heterocycles. The Bertz CT molecular complexity index is 344. The molecule has 0 radical (unpaired) electrons. The Balaban J connectivity index is 2.98. The topological polar surface area (TPSA) is 47.3 Å². The van der Waals surface area contributed by atoms with Crippen molar-refractivity contribution in [3.63, 3.8) is 0 Å². The Labute approximate surface area is 117 Å². The molecule has 19 heavy (non-hydrogen) atoms. The zero-order chi connectivity index (χ0) is 14.5. The molecule has 1 fully saturated rings. The molecular weight excluding hydrogens is 238 g/mol. The Morgan fingerprint density at radius 1 is 1.32 bits per heavy atom. The van der Waals surface area contributed by atoms with Gasteiger partial charge in [0.2, 0.25) is 5.91 Å². The van der Waals surface area contributed by atoms with Crippen LogP contribution in [-0.4, -0.2) is 48.4 Å². The molecule has 4 heteroatoms. The van der Waals surface area contributed by atoms with Crippen molar-refractivity contribution >= 4 is 5.91 Å². The molecule has 1 aliphatic heterocycles. The van der Waals surface area contributed by atoms with Crippen LogP contribution in [0.15, 0.2) is 0 Å². The fourth-order valence-electron chi connectivity index (χ4n) is 2.89. The molecule has 0 aromatic heterocycles. The van der Waals surface area contributed by atoms with Crippen LogP contribution >= 0.6 is 0 Å². The van der Waals surface area contributed by atoms with E-state index < -0.39 is 5.41 Å². The average molecular weight is 265 g/mol. The number of likely N-dealkylation sites (N-methyl/N-ethyl adjacent to an activating group) is 1. The van der Waals surface area contributed by atoms with E-state index in [2.05, 4.69) is 24.9 Å². The van der Waals surface area contributed by atoms with Crippen LogP contribution in [0, 0.1) is 16.7 Å². The minimum absolute atomic E-state index is 0.0437. The zero-order valence-corrected chi connectivity index (χ0v) is 12.8. The smallest absolute Gasteiger partial charge is 0.243 e. The molecule has 1 unspecified atom stereocenters. The van der Waals surface area contributed by atoms with E-state index in [1.54, 1.807) is 0 Å². The summed E-state index contributed by atoms with van der Waals surface area (Å²) >= 11 is 0. The molecule has 0 N–H and O–H groups in total. The van der Waals surface area contributed by atoms with Gasteiger partial charge >= 0.3 is 0 Å². The van der Waals surface area contributed by atoms with Crippen LogP contribution in [0.2, 0.25) is 0 Å². The lowest BCUT2D eigenvalue weighted by Gasteiger charge is -2.36. The Hall–Kier alpha value is -1.08. The summed E-state index contributed by atoms with van der Waals surface area (Å²) in [5.41, 5.74) is -0.823. The molecule has 1 aliphatic rings. The van der Waals surface area contributed by atoms with Gasteiger partial charge in [-0.1, -0.05) is 20.8 Å². The molecule has 1 rings (SSSR count). The number of hydrogen-bond acceptors (Lipinski definition) is 3. The van der Waals surface area contributed by atoms with Crippen molar-refractivity contribution in [1.29, 1.82) is 5.26 Å². The number of hydrogen-bond donors (Lipinski definition) is 0. The van der Waals surface area contributed by atoms with Gasteiger partial charge in [-0.05, 0) is 39.3 Å². The van der Waals surface area contributed by atoms with Gasteiger partial charge in [0, 0.05) is 19.1 Å². The second-order valence-corrected chi connectivity index (χ2v) is 5.58. The lowest BCUT2D eigenvalue weighted by atomic mass is 9.82. The number of amides is 1. The van der Waals surface area contributed by atoms with E-state index >= 15 is 0 Å². The highest BCUT2D eigenvalue weighted by atomic mass is 16.2. The molecule has 108 valence electrons. The number of rotatable bonds is 4. The highest BCUT2D eigenvalue weighted by molar-refractivity contribution is 5.85. The highest BCUT2D eigenvalue weighted by Crippen LogP contribution is 2.30. The van der Waals surface area contributed by atoms with Gasteiger partial charge in [-0.15, -0.1) is 0 Å². The zero-order valence-electron chi connectivity index (χ0n) is 12.8. The molecule has 1 heterocycles. The lowest BCUT2D eigenvalue weighted by molar-refractivity contribution is -0.141. The maximum absolute atomic E-state index is 12.8. The van der Waals surface area contributed by atoms with Gasteiger partial charge in [-0.2, -0.15) is 5.26 Å². The molecular formula is C15H27N3O. The molecule has 0 aromatic rings. The van der Waals surface area contributed by atoms with Gasteiger partial charge in [-0.25, -0.2) is 0 Å². The first-order chi connectivity index (χ1) is 9.04. The second-order valence-electron chi connectivity index (χ2n) is 5.58. The lowest BCUT2D eigenvalue weighted by Crippen LogP contribution is -2.49. The van der Waals surface area contributed by atoms with Crippen molar-refractivity contribution < 1.29 is 4.79 Å². The van der Waals surface area contributed by atoms with Crippen molar-refractivity contribution in [2.45, 2.75) is 52.5 Å². The van der Waals surface area contributed by atoms with Crippen LogP contribution in [0.5, 0.6) is 0 Å². The Morgan fingerprint density at radius 2 is 1.95 bits per heavy atom. The van der Waals surface area contributed by atoms with Crippen LogP contribution < -0.4 is 0 Å². The van der Waals surface area contributed by atoms with Crippen LogP contribution in [0.4, 0.5) is 0 Å². The molecule has 1 atom stereocenters. The minimum atomic E-state index is -0.823. The van der Waals surface area contributed by atoms with E-state index in [0.29, 0.717) is 12.8 Å². The van der Waals surface area contributed by atoms with Crippen molar-refractivity contribution in [2.24, 2.45) is 5.41 Å². The van der Waals surface area contributed by atoms with Crippen molar-refractivity contribution in [3.05, 3.63) is 0 Å². The largest absolute Gasteiger partial charge is 0.337 e. The van der Waals surface area contributed by atoms with E-state index in [4.69, 9.17) is 0 Å². The number of carbonyl (C=O) groups excluding carboxylic acids is 1. The third-order valence-electron chi connectivity index (χ3n) is 4.46. The quantitative estimate of drug-likeness (QED) is 0.783. The summed E-state index contributed by atoms with van der Waals surface area (Å²) in [6.07, 6.45) is 3.14. The summed E-state index contributed by atoms with van der Waals surface area (Å²) in [6.45, 7) is 8.72. The SMILES string of the molecule is CCC1CN(C)CCCN1C(=O)C(C#N)(CC)CC. The summed E-state index contributed by atoms with van der Waals surface area (Å²) in [5.74, 6) is 0.0437. The van der Waals surface area contributed by atoms with Gasteiger partial charge in [0.1, 0.15) is 5.41 Å². The van der Waals surface area contributed by atoms with Gasteiger partial charge in [0.05, 0.1) is 6.07 Å². The van der Waals surface area contributed by atoms with Gasteiger partial charge < -0.3 is 9.80 Å². The molecule has 0 spiro atoms. The summed E-state index contributed by atoms with van der Waals surface area (Å²) in [7, 11) is 2.10. The third-order valence-corrected chi connectivity index (χ3v) is 4.46. The fraction of sp³-hybridized carbons (Fsp3) is 0.867. The maximum atomic E-state index is 12.8. The first kappa shape index (κ1) is 16.0. The van der Waals surface area contributed by atoms with Crippen molar-refractivity contribution in [3.8, 4) is 6.07 Å². The van der Waals surface area contributed by atoms with Crippen LogP contribution in [0.25, 0.3) is 0 Å². The predicted molar refractivity (Wildman–Crippen MR) is 76.5 cm³/mol. The van der Waals surface area contributed by atoms with Crippen LogP contribution in [-0.2, 0) is 4.79 Å².